The number of benzene rings is 2. The van der Waals surface area contributed by atoms with Crippen LogP contribution < -0.4 is 15.5 Å². The van der Waals surface area contributed by atoms with Gasteiger partial charge in [0, 0.05) is 24.2 Å². The summed E-state index contributed by atoms with van der Waals surface area (Å²) in [6.45, 7) is 2.30. The van der Waals surface area contributed by atoms with E-state index in [1.54, 1.807) is 18.2 Å². The Bertz CT molecular complexity index is 1260. The van der Waals surface area contributed by atoms with Crippen molar-refractivity contribution >= 4 is 51.6 Å². The molecule has 0 atom stereocenters. The quantitative estimate of drug-likeness (QED) is 0.432. The molecular formula is C24H21ClN4O4S. The first-order valence-corrected chi connectivity index (χ1v) is 11.6. The molecular weight excluding hydrogens is 476 g/mol. The Morgan fingerprint density at radius 2 is 1.85 bits per heavy atom. The van der Waals surface area contributed by atoms with E-state index in [2.05, 4.69) is 16.8 Å². The number of primary amides is 1. The van der Waals surface area contributed by atoms with Crippen LogP contribution in [0.15, 0.2) is 48.5 Å². The highest BCUT2D eigenvalue weighted by Gasteiger charge is 2.30. The number of carbonyl (C=O) groups excluding carboxylic acids is 2. The zero-order valence-corrected chi connectivity index (χ0v) is 19.9. The molecule has 2 aromatic carbocycles. The predicted molar refractivity (Wildman–Crippen MR) is 132 cm³/mol. The minimum atomic E-state index is -0.839. The molecule has 0 aliphatic carbocycles. The molecule has 0 unspecified atom stereocenters. The van der Waals surface area contributed by atoms with Gasteiger partial charge in [-0.15, -0.1) is 0 Å². The summed E-state index contributed by atoms with van der Waals surface area (Å²) in [6.07, 6.45) is 0. The van der Waals surface area contributed by atoms with Gasteiger partial charge in [-0.05, 0) is 30.3 Å². The third kappa shape index (κ3) is 5.15. The average molecular weight is 497 g/mol. The lowest BCUT2D eigenvalue weighted by molar-refractivity contribution is 0.0607. The summed E-state index contributed by atoms with van der Waals surface area (Å²) in [5, 5.41) is 0.793. The van der Waals surface area contributed by atoms with Gasteiger partial charge in [-0.1, -0.05) is 53.0 Å². The molecule has 1 aliphatic rings. The molecule has 10 heteroatoms. The Morgan fingerprint density at radius 3 is 2.50 bits per heavy atom. The van der Waals surface area contributed by atoms with Crippen molar-refractivity contribution in [3.8, 4) is 11.8 Å². The van der Waals surface area contributed by atoms with Crippen molar-refractivity contribution in [1.29, 1.82) is 0 Å². The molecule has 1 saturated heterocycles. The van der Waals surface area contributed by atoms with Gasteiger partial charge >= 0.3 is 12.0 Å². The maximum absolute atomic E-state index is 12.5. The lowest BCUT2D eigenvalue weighted by Crippen LogP contribution is -2.36. The highest BCUT2D eigenvalue weighted by atomic mass is 35.5. The van der Waals surface area contributed by atoms with Crippen LogP contribution in [-0.4, -0.2) is 50.4 Å². The van der Waals surface area contributed by atoms with Gasteiger partial charge in [0.1, 0.15) is 0 Å². The second-order valence-electron chi connectivity index (χ2n) is 7.20. The molecule has 34 heavy (non-hydrogen) atoms. The van der Waals surface area contributed by atoms with E-state index in [1.807, 2.05) is 35.2 Å². The molecule has 2 amide bonds. The lowest BCUT2D eigenvalue weighted by Gasteiger charge is -2.26. The number of nitrogens with zero attached hydrogens (tertiary/aromatic N) is 3. The zero-order chi connectivity index (χ0) is 24.1. The normalized spacial score (nSPS) is 13.1. The van der Waals surface area contributed by atoms with Crippen LogP contribution >= 0.6 is 22.9 Å². The van der Waals surface area contributed by atoms with Crippen molar-refractivity contribution in [1.82, 2.24) is 4.98 Å². The number of carbonyl (C=O) groups is 2. The Kier molecular flexibility index (Phi) is 7.33. The highest BCUT2D eigenvalue weighted by Crippen LogP contribution is 2.39. The van der Waals surface area contributed by atoms with Gasteiger partial charge in [0.25, 0.3) is 0 Å². The van der Waals surface area contributed by atoms with Gasteiger partial charge in [-0.2, -0.15) is 0 Å². The van der Waals surface area contributed by atoms with Crippen molar-refractivity contribution in [2.45, 2.75) is 0 Å². The summed E-state index contributed by atoms with van der Waals surface area (Å²) in [5.41, 5.74) is 7.52. The summed E-state index contributed by atoms with van der Waals surface area (Å²) < 4.78 is 10.3. The number of amides is 2. The van der Waals surface area contributed by atoms with E-state index in [0.29, 0.717) is 37.0 Å². The van der Waals surface area contributed by atoms with Gasteiger partial charge in [-0.25, -0.2) is 19.5 Å². The SMILES string of the molecule is COC(=O)c1sc(N2CCOCC2)nc1N(C(N)=O)c1ccc(C#Cc2ccccc2)cc1Cl. The second kappa shape index (κ2) is 10.6. The molecule has 0 radical (unpaired) electrons. The third-order valence-corrected chi connectivity index (χ3v) is 6.38. The van der Waals surface area contributed by atoms with Gasteiger partial charge in [-0.3, -0.25) is 0 Å². The largest absolute Gasteiger partial charge is 0.465 e. The number of thiazole rings is 1. The third-order valence-electron chi connectivity index (χ3n) is 5.00. The fourth-order valence-corrected chi connectivity index (χ4v) is 4.62. The first kappa shape index (κ1) is 23.6. The van der Waals surface area contributed by atoms with Crippen LogP contribution in [0.3, 0.4) is 0 Å². The van der Waals surface area contributed by atoms with E-state index in [-0.39, 0.29) is 21.4 Å². The van der Waals surface area contributed by atoms with Crippen LogP contribution in [-0.2, 0) is 9.47 Å². The molecule has 8 nitrogen and oxygen atoms in total. The molecule has 1 aliphatic heterocycles. The Labute approximate surface area is 205 Å². The molecule has 2 N–H and O–H groups in total. The molecule has 3 aromatic rings. The molecule has 4 rings (SSSR count). The summed E-state index contributed by atoms with van der Waals surface area (Å²) >= 11 is 7.66. The first-order chi connectivity index (χ1) is 16.5. The van der Waals surface area contributed by atoms with Gasteiger partial charge in [0.05, 0.1) is 31.0 Å². The van der Waals surface area contributed by atoms with E-state index in [9.17, 15) is 9.59 Å². The molecule has 2 heterocycles. The van der Waals surface area contributed by atoms with Crippen molar-refractivity contribution in [3.05, 3.63) is 69.6 Å². The van der Waals surface area contributed by atoms with E-state index in [1.165, 1.54) is 7.11 Å². The van der Waals surface area contributed by atoms with Gasteiger partial charge in [0.2, 0.25) is 0 Å². The first-order valence-electron chi connectivity index (χ1n) is 10.4. The Hall–Kier alpha value is -3.58. The number of hydrogen-bond donors (Lipinski definition) is 1. The lowest BCUT2D eigenvalue weighted by atomic mass is 10.1. The van der Waals surface area contributed by atoms with Crippen molar-refractivity contribution < 1.29 is 19.1 Å². The molecule has 0 saturated carbocycles. The summed E-state index contributed by atoms with van der Waals surface area (Å²) in [5.74, 6) is 5.55. The molecule has 0 bridgehead atoms. The topological polar surface area (TPSA) is 98.0 Å². The summed E-state index contributed by atoms with van der Waals surface area (Å²) in [7, 11) is 1.27. The Morgan fingerprint density at radius 1 is 1.15 bits per heavy atom. The maximum Gasteiger partial charge on any atom is 0.352 e. The van der Waals surface area contributed by atoms with Crippen LogP contribution in [0.2, 0.25) is 5.02 Å². The number of nitrogens with two attached hydrogens (primary N) is 1. The fraction of sp³-hybridized carbons (Fsp3) is 0.208. The monoisotopic (exact) mass is 496 g/mol. The van der Waals surface area contributed by atoms with Crippen LogP contribution in [0, 0.1) is 11.8 Å². The minimum absolute atomic E-state index is 0.0656. The van der Waals surface area contributed by atoms with Crippen molar-refractivity contribution in [2.75, 3.05) is 43.2 Å². The zero-order valence-electron chi connectivity index (χ0n) is 18.3. The number of esters is 1. The average Bonchev–Trinajstić information content (AvgIpc) is 3.29. The molecule has 0 spiro atoms. The van der Waals surface area contributed by atoms with E-state index < -0.39 is 12.0 Å². The maximum atomic E-state index is 12.5. The van der Waals surface area contributed by atoms with Crippen LogP contribution in [0.1, 0.15) is 20.8 Å². The number of rotatable bonds is 4. The van der Waals surface area contributed by atoms with Crippen LogP contribution in [0.5, 0.6) is 0 Å². The van der Waals surface area contributed by atoms with E-state index in [4.69, 9.17) is 26.8 Å². The highest BCUT2D eigenvalue weighted by molar-refractivity contribution is 7.18. The number of aromatic nitrogens is 1. The van der Waals surface area contributed by atoms with Crippen molar-refractivity contribution in [2.24, 2.45) is 5.73 Å². The van der Waals surface area contributed by atoms with E-state index in [0.717, 1.165) is 21.8 Å². The fourth-order valence-electron chi connectivity index (χ4n) is 3.34. The number of methoxy groups -OCH3 is 1. The molecule has 174 valence electrons. The predicted octanol–water partition coefficient (Wildman–Crippen LogP) is 4.04. The smallest absolute Gasteiger partial charge is 0.352 e. The van der Waals surface area contributed by atoms with Gasteiger partial charge in [0.15, 0.2) is 15.8 Å². The number of ether oxygens (including phenoxy) is 2. The summed E-state index contributed by atoms with van der Waals surface area (Å²) in [4.78, 5) is 32.9. The molecule has 1 fully saturated rings. The number of anilines is 3. The Balaban J connectivity index is 1.72. The van der Waals surface area contributed by atoms with Crippen LogP contribution in [0.4, 0.5) is 21.4 Å². The number of urea groups is 1. The van der Waals surface area contributed by atoms with Crippen LogP contribution in [0.25, 0.3) is 0 Å². The van der Waals surface area contributed by atoms with Crippen molar-refractivity contribution in [3.63, 3.8) is 0 Å². The number of morpholine rings is 1. The summed E-state index contributed by atoms with van der Waals surface area (Å²) in [6, 6.07) is 13.7. The number of hydrogen-bond acceptors (Lipinski definition) is 7. The molecule has 1 aromatic heterocycles. The number of halogens is 1. The van der Waals surface area contributed by atoms with E-state index >= 15 is 0 Å². The van der Waals surface area contributed by atoms with Gasteiger partial charge < -0.3 is 20.1 Å². The second-order valence-corrected chi connectivity index (χ2v) is 8.58. The minimum Gasteiger partial charge on any atom is -0.465 e. The standard InChI is InChI=1S/C24H21ClN4O4S/c1-32-22(30)20-21(27-24(34-20)28-11-13-33-14-12-28)29(23(26)31)19-10-9-17(15-18(19)25)8-7-16-5-3-2-4-6-16/h2-6,9-10,15H,11-14H2,1H3,(H2,26,31).